The van der Waals surface area contributed by atoms with Gasteiger partial charge in [0.1, 0.15) is 11.0 Å². The highest BCUT2D eigenvalue weighted by Gasteiger charge is 2.35. The second-order valence-corrected chi connectivity index (χ2v) is 9.83. The summed E-state index contributed by atoms with van der Waals surface area (Å²) in [6.45, 7) is 0. The first-order chi connectivity index (χ1) is 21.1. The van der Waals surface area contributed by atoms with Crippen LogP contribution in [0.1, 0.15) is 11.1 Å². The van der Waals surface area contributed by atoms with Crippen molar-refractivity contribution in [2.24, 2.45) is 0 Å². The molecule has 7 rings (SSSR count). The molecule has 2 aromatic heterocycles. The van der Waals surface area contributed by atoms with Crippen molar-refractivity contribution in [1.29, 1.82) is 0 Å². The molecule has 10 heteroatoms. The van der Waals surface area contributed by atoms with E-state index in [1.54, 1.807) is 16.8 Å². The summed E-state index contributed by atoms with van der Waals surface area (Å²) in [5, 5.41) is 11.8. The number of nitrogens with zero attached hydrogens (tertiary/aromatic N) is 3. The minimum Gasteiger partial charge on any atom is -0.277 e. The van der Waals surface area contributed by atoms with Gasteiger partial charge in [0.25, 0.3) is 0 Å². The summed E-state index contributed by atoms with van der Waals surface area (Å²) in [6.07, 6.45) is -8.86. The van der Waals surface area contributed by atoms with E-state index in [9.17, 15) is 26.3 Å². The Hall–Kier alpha value is -5.38. The van der Waals surface area contributed by atoms with Gasteiger partial charge in [0, 0.05) is 21.9 Å². The van der Waals surface area contributed by atoms with Crippen molar-refractivity contribution in [3.63, 3.8) is 0 Å². The summed E-state index contributed by atoms with van der Waals surface area (Å²) in [6, 6.07) is 35.9. The quantitative estimate of drug-likeness (QED) is 0.205. The van der Waals surface area contributed by atoms with Crippen LogP contribution < -0.4 is 0 Å². The molecule has 0 saturated heterocycles. The van der Waals surface area contributed by atoms with Crippen LogP contribution in [0.4, 0.5) is 26.3 Å². The molecular formula is C34H22F6N4. The van der Waals surface area contributed by atoms with E-state index in [0.29, 0.717) is 27.8 Å². The molecule has 1 N–H and O–H groups in total. The zero-order valence-electron chi connectivity index (χ0n) is 22.7. The Kier molecular flexibility index (Phi) is 7.42. The molecule has 7 aromatic rings. The van der Waals surface area contributed by atoms with Gasteiger partial charge < -0.3 is 0 Å². The van der Waals surface area contributed by atoms with Gasteiger partial charge in [-0.1, -0.05) is 103 Å². The molecule has 0 saturated carbocycles. The predicted molar refractivity (Wildman–Crippen MR) is 158 cm³/mol. The van der Waals surface area contributed by atoms with Gasteiger partial charge in [0.05, 0.1) is 28.2 Å². The standard InChI is InChI=1S/C20H13F3N2.C14H9F3N2/c21-20(22,23)17-13-7-12-16-18(17)24-25(15-10-5-2-6-11-15)19(16)14-8-3-1-4-9-14;15-14(16,17)11-8-4-7-10-12(18-19-13(10)11)9-5-2-1-3-6-9/h1-13H;1-8H,(H,18,19). The van der Waals surface area contributed by atoms with E-state index in [-0.39, 0.29) is 11.0 Å². The third-order valence-corrected chi connectivity index (χ3v) is 7.01. The fourth-order valence-electron chi connectivity index (χ4n) is 5.06. The molecule has 220 valence electrons. The Morgan fingerprint density at radius 3 is 1.57 bits per heavy atom. The number of alkyl halides is 6. The van der Waals surface area contributed by atoms with Gasteiger partial charge in [-0.3, -0.25) is 5.10 Å². The van der Waals surface area contributed by atoms with Crippen molar-refractivity contribution in [1.82, 2.24) is 20.0 Å². The molecule has 0 unspecified atom stereocenters. The Morgan fingerprint density at radius 2 is 1.00 bits per heavy atom. The molecule has 0 fully saturated rings. The smallest absolute Gasteiger partial charge is 0.277 e. The van der Waals surface area contributed by atoms with Crippen LogP contribution in [0.5, 0.6) is 0 Å². The summed E-state index contributed by atoms with van der Waals surface area (Å²) in [5.74, 6) is 0. The number of benzene rings is 5. The fraction of sp³-hybridized carbons (Fsp3) is 0.0588. The number of hydrogen-bond acceptors (Lipinski definition) is 2. The normalized spacial score (nSPS) is 11.9. The highest BCUT2D eigenvalue weighted by Crippen LogP contribution is 2.39. The molecule has 0 amide bonds. The summed E-state index contributed by atoms with van der Waals surface area (Å²) in [4.78, 5) is 0. The van der Waals surface area contributed by atoms with Crippen LogP contribution in [0.15, 0.2) is 127 Å². The highest BCUT2D eigenvalue weighted by atomic mass is 19.4. The lowest BCUT2D eigenvalue weighted by atomic mass is 10.0. The maximum Gasteiger partial charge on any atom is 0.418 e. The van der Waals surface area contributed by atoms with Gasteiger partial charge in [-0.05, 0) is 24.3 Å². The van der Waals surface area contributed by atoms with Crippen LogP contribution in [0, 0.1) is 0 Å². The minimum absolute atomic E-state index is 0.0438. The highest BCUT2D eigenvalue weighted by molar-refractivity contribution is 5.96. The van der Waals surface area contributed by atoms with Crippen molar-refractivity contribution in [3.8, 4) is 28.2 Å². The lowest BCUT2D eigenvalue weighted by Gasteiger charge is -2.08. The number of aromatic amines is 1. The summed E-state index contributed by atoms with van der Waals surface area (Å²) in [5.41, 5.74) is 2.05. The van der Waals surface area contributed by atoms with Crippen molar-refractivity contribution >= 4 is 21.8 Å². The SMILES string of the molecule is FC(F)(F)c1cccc2c(-c3ccccc3)[nH]nc12.FC(F)(F)c1cccc2c(-c3ccccc3)n(-c3ccccc3)nc12. The van der Waals surface area contributed by atoms with E-state index in [1.165, 1.54) is 12.1 Å². The number of aromatic nitrogens is 4. The summed E-state index contributed by atoms with van der Waals surface area (Å²) >= 11 is 0. The van der Waals surface area contributed by atoms with E-state index >= 15 is 0 Å². The van der Waals surface area contributed by atoms with Crippen LogP contribution in [-0.4, -0.2) is 20.0 Å². The number of rotatable bonds is 3. The van der Waals surface area contributed by atoms with Gasteiger partial charge >= 0.3 is 12.4 Å². The molecule has 0 spiro atoms. The Morgan fingerprint density at radius 1 is 0.500 bits per heavy atom. The van der Waals surface area contributed by atoms with E-state index < -0.39 is 23.5 Å². The number of fused-ring (bicyclic) bond motifs is 2. The zero-order chi connectivity index (χ0) is 30.9. The first-order valence-electron chi connectivity index (χ1n) is 13.4. The van der Waals surface area contributed by atoms with E-state index in [1.807, 2.05) is 91.0 Å². The van der Waals surface area contributed by atoms with Gasteiger partial charge in [-0.25, -0.2) is 4.68 Å². The molecule has 0 aliphatic carbocycles. The topological polar surface area (TPSA) is 46.5 Å². The minimum atomic E-state index is -4.46. The van der Waals surface area contributed by atoms with Crippen LogP contribution >= 0.6 is 0 Å². The lowest BCUT2D eigenvalue weighted by molar-refractivity contribution is -0.137. The summed E-state index contributed by atoms with van der Waals surface area (Å²) < 4.78 is 80.4. The average Bonchev–Trinajstić information content (AvgIpc) is 3.64. The molecule has 2 heterocycles. The molecule has 0 radical (unpaired) electrons. The Labute approximate surface area is 247 Å². The maximum absolute atomic E-state index is 13.4. The Balaban J connectivity index is 0.000000162. The molecule has 0 bridgehead atoms. The second-order valence-electron chi connectivity index (χ2n) is 9.83. The van der Waals surface area contributed by atoms with Crippen LogP contribution in [-0.2, 0) is 12.4 Å². The van der Waals surface area contributed by atoms with Gasteiger partial charge in [0.15, 0.2) is 0 Å². The fourth-order valence-corrected chi connectivity index (χ4v) is 5.06. The van der Waals surface area contributed by atoms with Crippen molar-refractivity contribution in [3.05, 3.63) is 139 Å². The monoisotopic (exact) mass is 600 g/mol. The summed E-state index contributed by atoms with van der Waals surface area (Å²) in [7, 11) is 0. The number of halogens is 6. The lowest BCUT2D eigenvalue weighted by Crippen LogP contribution is -2.06. The molecule has 0 aliphatic heterocycles. The van der Waals surface area contributed by atoms with E-state index in [0.717, 1.165) is 23.3 Å². The second kappa shape index (κ2) is 11.4. The number of hydrogen-bond donors (Lipinski definition) is 1. The van der Waals surface area contributed by atoms with Crippen LogP contribution in [0.25, 0.3) is 50.0 Å². The van der Waals surface area contributed by atoms with Crippen LogP contribution in [0.3, 0.4) is 0 Å². The zero-order valence-corrected chi connectivity index (χ0v) is 22.7. The van der Waals surface area contributed by atoms with Gasteiger partial charge in [0.2, 0.25) is 0 Å². The van der Waals surface area contributed by atoms with Gasteiger partial charge in [-0.2, -0.15) is 36.5 Å². The molecule has 44 heavy (non-hydrogen) atoms. The number of para-hydroxylation sites is 2. The van der Waals surface area contributed by atoms with Crippen molar-refractivity contribution < 1.29 is 26.3 Å². The Bertz CT molecular complexity index is 2030. The number of H-pyrrole nitrogens is 1. The van der Waals surface area contributed by atoms with Crippen LogP contribution in [0.2, 0.25) is 0 Å². The molecule has 0 aliphatic rings. The first-order valence-corrected chi connectivity index (χ1v) is 13.4. The molecular weight excluding hydrogens is 578 g/mol. The molecule has 0 atom stereocenters. The average molecular weight is 601 g/mol. The maximum atomic E-state index is 13.4. The van der Waals surface area contributed by atoms with E-state index in [2.05, 4.69) is 15.3 Å². The third kappa shape index (κ3) is 5.54. The van der Waals surface area contributed by atoms with Crippen molar-refractivity contribution in [2.75, 3.05) is 0 Å². The first kappa shape index (κ1) is 28.7. The predicted octanol–water partition coefficient (Wildman–Crippen LogP) is 9.96. The largest absolute Gasteiger partial charge is 0.418 e. The van der Waals surface area contributed by atoms with Crippen molar-refractivity contribution in [2.45, 2.75) is 12.4 Å². The van der Waals surface area contributed by atoms with Gasteiger partial charge in [-0.15, -0.1) is 0 Å². The molecule has 5 aromatic carbocycles. The molecule has 4 nitrogen and oxygen atoms in total. The third-order valence-electron chi connectivity index (χ3n) is 7.01. The van der Waals surface area contributed by atoms with E-state index in [4.69, 9.17) is 0 Å². The number of nitrogens with one attached hydrogen (secondary N) is 1.